The predicted molar refractivity (Wildman–Crippen MR) is 74.7 cm³/mol. The van der Waals surface area contributed by atoms with E-state index in [-0.39, 0.29) is 12.1 Å². The van der Waals surface area contributed by atoms with E-state index in [1.807, 2.05) is 18.2 Å². The Bertz CT molecular complexity index is 419. The number of hydrogen-bond acceptors (Lipinski definition) is 4. The van der Waals surface area contributed by atoms with Gasteiger partial charge in [0.15, 0.2) is 0 Å². The first-order valence-electron chi connectivity index (χ1n) is 6.45. The fourth-order valence-corrected chi connectivity index (χ4v) is 2.54. The summed E-state index contributed by atoms with van der Waals surface area (Å²) in [4.78, 5) is 0. The lowest BCUT2D eigenvalue weighted by molar-refractivity contribution is 0.0112. The van der Waals surface area contributed by atoms with Crippen molar-refractivity contribution in [2.24, 2.45) is 0 Å². The third kappa shape index (κ3) is 3.60. The molecule has 4 nitrogen and oxygen atoms in total. The lowest BCUT2D eigenvalue weighted by Gasteiger charge is -2.36. The molecule has 1 aliphatic heterocycles. The van der Waals surface area contributed by atoms with Crippen LogP contribution in [0.25, 0.3) is 0 Å². The molecule has 1 fully saturated rings. The van der Waals surface area contributed by atoms with Crippen LogP contribution in [0, 0.1) is 0 Å². The van der Waals surface area contributed by atoms with E-state index in [1.165, 1.54) is 0 Å². The largest absolute Gasteiger partial charge is 0.495 e. The van der Waals surface area contributed by atoms with Crippen molar-refractivity contribution in [1.82, 2.24) is 5.32 Å². The molecule has 0 saturated carbocycles. The van der Waals surface area contributed by atoms with Gasteiger partial charge in [-0.1, -0.05) is 17.7 Å². The molecule has 0 bridgehead atoms. The Kier molecular flexibility index (Phi) is 5.05. The Morgan fingerprint density at radius 1 is 1.42 bits per heavy atom. The molecular weight excluding hydrogens is 266 g/mol. The first-order chi connectivity index (χ1) is 9.19. The number of methoxy groups -OCH3 is 1. The summed E-state index contributed by atoms with van der Waals surface area (Å²) in [6, 6.07) is 5.72. The van der Waals surface area contributed by atoms with Gasteiger partial charge in [-0.25, -0.2) is 0 Å². The molecule has 0 spiro atoms. The summed E-state index contributed by atoms with van der Waals surface area (Å²) >= 11 is 6.10. The zero-order chi connectivity index (χ0) is 13.7. The van der Waals surface area contributed by atoms with Gasteiger partial charge in [-0.3, -0.25) is 0 Å². The summed E-state index contributed by atoms with van der Waals surface area (Å²) in [6.07, 6.45) is 1.65. The van der Waals surface area contributed by atoms with Crippen LogP contribution >= 0.6 is 11.6 Å². The Morgan fingerprint density at radius 2 is 2.16 bits per heavy atom. The lowest BCUT2D eigenvalue weighted by Crippen LogP contribution is -2.51. The van der Waals surface area contributed by atoms with E-state index in [4.69, 9.17) is 21.1 Å². The molecule has 0 aromatic heterocycles. The van der Waals surface area contributed by atoms with E-state index < -0.39 is 0 Å². The Balaban J connectivity index is 1.99. The Labute approximate surface area is 118 Å². The summed E-state index contributed by atoms with van der Waals surface area (Å²) in [5, 5.41) is 13.6. The smallest absolute Gasteiger partial charge is 0.137 e. The number of aliphatic hydroxyl groups excluding tert-OH is 1. The minimum Gasteiger partial charge on any atom is -0.495 e. The van der Waals surface area contributed by atoms with E-state index in [2.05, 4.69) is 5.32 Å². The van der Waals surface area contributed by atoms with Crippen LogP contribution in [0.5, 0.6) is 5.75 Å². The summed E-state index contributed by atoms with van der Waals surface area (Å²) in [6.45, 7) is 2.18. The SMILES string of the molecule is COc1ccc(CNC2(CO)CCOCC2)cc1Cl. The van der Waals surface area contributed by atoms with Gasteiger partial charge in [0.1, 0.15) is 5.75 Å². The van der Waals surface area contributed by atoms with E-state index >= 15 is 0 Å². The van der Waals surface area contributed by atoms with Gasteiger partial charge in [0.05, 0.1) is 18.7 Å². The standard InChI is InChI=1S/C14H20ClNO3/c1-18-13-3-2-11(8-12(13)15)9-16-14(10-17)4-6-19-7-5-14/h2-3,8,16-17H,4-7,9-10H2,1H3. The van der Waals surface area contributed by atoms with Crippen molar-refractivity contribution in [3.8, 4) is 5.75 Å². The van der Waals surface area contributed by atoms with Crippen LogP contribution in [0.3, 0.4) is 0 Å². The Morgan fingerprint density at radius 3 is 2.74 bits per heavy atom. The van der Waals surface area contributed by atoms with Crippen LogP contribution in [0.1, 0.15) is 18.4 Å². The highest BCUT2D eigenvalue weighted by molar-refractivity contribution is 6.32. The number of aliphatic hydroxyl groups is 1. The van der Waals surface area contributed by atoms with Crippen molar-refractivity contribution in [2.75, 3.05) is 26.9 Å². The molecule has 1 aliphatic rings. The summed E-state index contributed by atoms with van der Waals surface area (Å²) in [7, 11) is 1.60. The fraction of sp³-hybridized carbons (Fsp3) is 0.571. The molecule has 1 aromatic rings. The highest BCUT2D eigenvalue weighted by Gasteiger charge is 2.31. The first kappa shape index (κ1) is 14.6. The van der Waals surface area contributed by atoms with Crippen LogP contribution < -0.4 is 10.1 Å². The molecule has 0 aliphatic carbocycles. The Hall–Kier alpha value is -0.810. The summed E-state index contributed by atoms with van der Waals surface area (Å²) in [5.41, 5.74) is 0.843. The van der Waals surface area contributed by atoms with Crippen LogP contribution in [-0.2, 0) is 11.3 Å². The van der Waals surface area contributed by atoms with E-state index in [0.717, 1.165) is 18.4 Å². The van der Waals surface area contributed by atoms with Crippen LogP contribution in [0.2, 0.25) is 5.02 Å². The second kappa shape index (κ2) is 6.57. The van der Waals surface area contributed by atoms with E-state index in [9.17, 15) is 5.11 Å². The number of benzene rings is 1. The van der Waals surface area contributed by atoms with Gasteiger partial charge in [-0.05, 0) is 30.5 Å². The van der Waals surface area contributed by atoms with Crippen LogP contribution in [0.15, 0.2) is 18.2 Å². The molecule has 5 heteroatoms. The molecule has 2 N–H and O–H groups in total. The summed E-state index contributed by atoms with van der Waals surface area (Å²) in [5.74, 6) is 0.674. The molecule has 2 rings (SSSR count). The monoisotopic (exact) mass is 285 g/mol. The molecule has 0 radical (unpaired) electrons. The number of nitrogens with one attached hydrogen (secondary N) is 1. The molecule has 1 aromatic carbocycles. The normalized spacial score (nSPS) is 18.3. The van der Waals surface area contributed by atoms with E-state index in [1.54, 1.807) is 7.11 Å². The number of rotatable bonds is 5. The van der Waals surface area contributed by atoms with Gasteiger partial charge < -0.3 is 19.9 Å². The van der Waals surface area contributed by atoms with Gasteiger partial charge in [-0.2, -0.15) is 0 Å². The molecule has 106 valence electrons. The predicted octanol–water partition coefficient (Wildman–Crippen LogP) is 1.98. The third-order valence-electron chi connectivity index (χ3n) is 3.64. The average Bonchev–Trinajstić information content (AvgIpc) is 2.46. The highest BCUT2D eigenvalue weighted by atomic mass is 35.5. The molecule has 1 heterocycles. The van der Waals surface area contributed by atoms with Crippen molar-refractivity contribution in [1.29, 1.82) is 0 Å². The molecular formula is C14H20ClNO3. The second-order valence-electron chi connectivity index (χ2n) is 4.87. The van der Waals surface area contributed by atoms with Gasteiger partial charge in [-0.15, -0.1) is 0 Å². The van der Waals surface area contributed by atoms with Crippen molar-refractivity contribution in [3.63, 3.8) is 0 Å². The lowest BCUT2D eigenvalue weighted by atomic mass is 9.90. The third-order valence-corrected chi connectivity index (χ3v) is 3.93. The minimum absolute atomic E-state index is 0.125. The second-order valence-corrected chi connectivity index (χ2v) is 5.28. The van der Waals surface area contributed by atoms with Crippen LogP contribution in [-0.4, -0.2) is 37.6 Å². The van der Waals surface area contributed by atoms with Gasteiger partial charge >= 0.3 is 0 Å². The molecule has 0 atom stereocenters. The highest BCUT2D eigenvalue weighted by Crippen LogP contribution is 2.26. The maximum atomic E-state index is 9.59. The fourth-order valence-electron chi connectivity index (χ4n) is 2.26. The van der Waals surface area contributed by atoms with Crippen molar-refractivity contribution in [2.45, 2.75) is 24.9 Å². The van der Waals surface area contributed by atoms with Crippen molar-refractivity contribution >= 4 is 11.6 Å². The van der Waals surface area contributed by atoms with Gasteiger partial charge in [0.25, 0.3) is 0 Å². The molecule has 0 amide bonds. The zero-order valence-electron chi connectivity index (χ0n) is 11.1. The molecule has 19 heavy (non-hydrogen) atoms. The first-order valence-corrected chi connectivity index (χ1v) is 6.83. The van der Waals surface area contributed by atoms with Crippen molar-refractivity contribution in [3.05, 3.63) is 28.8 Å². The maximum absolute atomic E-state index is 9.59. The summed E-state index contributed by atoms with van der Waals surface area (Å²) < 4.78 is 10.5. The number of halogens is 1. The zero-order valence-corrected chi connectivity index (χ0v) is 11.9. The minimum atomic E-state index is -0.231. The maximum Gasteiger partial charge on any atom is 0.137 e. The number of ether oxygens (including phenoxy) is 2. The molecule has 0 unspecified atom stereocenters. The van der Waals surface area contributed by atoms with Gasteiger partial charge in [0, 0.05) is 25.3 Å². The topological polar surface area (TPSA) is 50.7 Å². The van der Waals surface area contributed by atoms with Crippen molar-refractivity contribution < 1.29 is 14.6 Å². The van der Waals surface area contributed by atoms with E-state index in [0.29, 0.717) is 30.5 Å². The van der Waals surface area contributed by atoms with Crippen LogP contribution in [0.4, 0.5) is 0 Å². The quantitative estimate of drug-likeness (QED) is 0.869. The number of hydrogen-bond donors (Lipinski definition) is 2. The van der Waals surface area contributed by atoms with Gasteiger partial charge in [0.2, 0.25) is 0 Å². The average molecular weight is 286 g/mol. The molecule has 1 saturated heterocycles.